The molecule has 0 aromatic heterocycles. The van der Waals surface area contributed by atoms with Crippen molar-refractivity contribution in [1.82, 2.24) is 15.3 Å². The first-order valence-corrected chi connectivity index (χ1v) is 12.7. The number of carbonyl (C=O) groups excluding carboxylic acids is 2. The number of ketones is 1. The fourth-order valence-corrected chi connectivity index (χ4v) is 8.26. The van der Waals surface area contributed by atoms with Gasteiger partial charge in [-0.05, 0) is 55.3 Å². The molecule has 2 heterocycles. The van der Waals surface area contributed by atoms with Crippen LogP contribution >= 0.6 is 11.8 Å². The highest BCUT2D eigenvalue weighted by Crippen LogP contribution is 2.63. The van der Waals surface area contributed by atoms with Crippen LogP contribution in [0.25, 0.3) is 0 Å². The molecule has 0 aromatic carbocycles. The van der Waals surface area contributed by atoms with E-state index in [1.54, 1.807) is 0 Å². The number of fused-ring (bicyclic) bond motifs is 5. The zero-order valence-electron chi connectivity index (χ0n) is 17.9. The summed E-state index contributed by atoms with van der Waals surface area (Å²) < 4.78 is 0. The quantitative estimate of drug-likeness (QED) is 0.699. The number of amides is 2. The number of rotatable bonds is 1. The van der Waals surface area contributed by atoms with Gasteiger partial charge in [0.2, 0.25) is 0 Å². The van der Waals surface area contributed by atoms with Crippen LogP contribution < -0.4 is 5.43 Å². The Hall–Kier alpha value is -1.01. The van der Waals surface area contributed by atoms with Crippen molar-refractivity contribution in [2.45, 2.75) is 58.8 Å². The van der Waals surface area contributed by atoms with Crippen LogP contribution in [0.15, 0.2) is 11.8 Å². The second kappa shape index (κ2) is 7.30. The fourth-order valence-electron chi connectivity index (χ4n) is 7.36. The van der Waals surface area contributed by atoms with Crippen molar-refractivity contribution < 1.29 is 9.59 Å². The maximum absolute atomic E-state index is 13.4. The van der Waals surface area contributed by atoms with Crippen LogP contribution in [0.4, 0.5) is 4.79 Å². The molecule has 0 aromatic rings. The summed E-state index contributed by atoms with van der Waals surface area (Å²) in [6.07, 6.45) is 9.89. The van der Waals surface area contributed by atoms with Gasteiger partial charge in [0.25, 0.3) is 0 Å². The lowest BCUT2D eigenvalue weighted by Gasteiger charge is -2.59. The Balaban J connectivity index is 1.46. The van der Waals surface area contributed by atoms with Crippen molar-refractivity contribution in [3.8, 4) is 0 Å². The zero-order valence-corrected chi connectivity index (χ0v) is 18.7. The van der Waals surface area contributed by atoms with Gasteiger partial charge in [0, 0.05) is 54.7 Å². The highest BCUT2D eigenvalue weighted by Gasteiger charge is 2.58. The predicted octanol–water partition coefficient (Wildman–Crippen LogP) is 4.06. The Morgan fingerprint density at radius 2 is 1.93 bits per heavy atom. The molecule has 160 valence electrons. The number of allylic oxidation sites excluding steroid dienone is 2. The maximum Gasteiger partial charge on any atom is 0.336 e. The largest absolute Gasteiger partial charge is 0.336 e. The molecular formula is C23H35N3O2S. The molecule has 3 aliphatic carbocycles. The molecule has 5 nitrogen and oxygen atoms in total. The molecule has 0 bridgehead atoms. The van der Waals surface area contributed by atoms with E-state index in [1.807, 2.05) is 22.7 Å². The van der Waals surface area contributed by atoms with E-state index in [0.29, 0.717) is 23.7 Å². The monoisotopic (exact) mass is 417 g/mol. The normalized spacial score (nSPS) is 42.6. The summed E-state index contributed by atoms with van der Waals surface area (Å²) in [5.74, 6) is 4.19. The molecule has 2 saturated carbocycles. The number of urea groups is 1. The van der Waals surface area contributed by atoms with E-state index < -0.39 is 0 Å². The van der Waals surface area contributed by atoms with Gasteiger partial charge in [-0.1, -0.05) is 20.3 Å². The van der Waals surface area contributed by atoms with Crippen molar-refractivity contribution in [3.05, 3.63) is 11.8 Å². The lowest BCUT2D eigenvalue weighted by molar-refractivity contribution is -0.118. The minimum absolute atomic E-state index is 0.0206. The van der Waals surface area contributed by atoms with Crippen molar-refractivity contribution in [1.29, 1.82) is 0 Å². The number of thioether (sulfide) groups is 1. The summed E-state index contributed by atoms with van der Waals surface area (Å²) in [6.45, 7) is 7.42. The Labute approximate surface area is 179 Å². The summed E-state index contributed by atoms with van der Waals surface area (Å²) in [7, 11) is 0. The van der Waals surface area contributed by atoms with Gasteiger partial charge in [0.1, 0.15) is 0 Å². The molecule has 29 heavy (non-hydrogen) atoms. The molecule has 0 radical (unpaired) electrons. The van der Waals surface area contributed by atoms with Crippen molar-refractivity contribution in [2.24, 2.45) is 28.6 Å². The summed E-state index contributed by atoms with van der Waals surface area (Å²) in [4.78, 5) is 27.8. The van der Waals surface area contributed by atoms with Gasteiger partial charge in [-0.25, -0.2) is 9.80 Å². The van der Waals surface area contributed by atoms with E-state index in [4.69, 9.17) is 0 Å². The van der Waals surface area contributed by atoms with Gasteiger partial charge in [0.05, 0.1) is 0 Å². The van der Waals surface area contributed by atoms with Crippen LogP contribution in [0.2, 0.25) is 0 Å². The highest BCUT2D eigenvalue weighted by molar-refractivity contribution is 7.99. The second-order valence-electron chi connectivity index (χ2n) is 10.5. The molecule has 2 aliphatic heterocycles. The molecule has 6 heteroatoms. The Morgan fingerprint density at radius 3 is 2.72 bits per heavy atom. The summed E-state index contributed by atoms with van der Waals surface area (Å²) in [6, 6.07) is -0.0206. The molecule has 5 aliphatic rings. The van der Waals surface area contributed by atoms with Gasteiger partial charge in [-0.3, -0.25) is 15.1 Å². The van der Waals surface area contributed by atoms with Crippen molar-refractivity contribution in [2.75, 3.05) is 31.1 Å². The molecule has 0 unspecified atom stereocenters. The van der Waals surface area contributed by atoms with Crippen LogP contribution in [-0.4, -0.2) is 52.9 Å². The van der Waals surface area contributed by atoms with E-state index in [2.05, 4.69) is 24.3 Å². The van der Waals surface area contributed by atoms with Gasteiger partial charge in [-0.15, -0.1) is 0 Å². The topological polar surface area (TPSA) is 52.7 Å². The predicted molar refractivity (Wildman–Crippen MR) is 116 cm³/mol. The number of hydrogen-bond acceptors (Lipinski definition) is 4. The lowest BCUT2D eigenvalue weighted by atomic mass is 9.50. The number of nitrogens with one attached hydrogen (secondary N) is 1. The number of hydrogen-bond donors (Lipinski definition) is 1. The second-order valence-corrected chi connectivity index (χ2v) is 11.7. The van der Waals surface area contributed by atoms with Gasteiger partial charge < -0.3 is 0 Å². The average Bonchev–Trinajstić information content (AvgIpc) is 3.11. The Kier molecular flexibility index (Phi) is 5.01. The van der Waals surface area contributed by atoms with Crippen LogP contribution in [0.5, 0.6) is 0 Å². The standard InChI is InChI=1S/C23H35N3O2S/c1-22-7-3-4-18(22)17-15-26(21(28)24-25-10-12-29-13-11-25)20-14-16(27)5-9-23(20,2)19(17)6-8-22/h14,17-19H,3-13,15H2,1-2H3,(H,24,28)/t17-,18-,19-,22-,23+/m0/s1. The third-order valence-electron chi connectivity index (χ3n) is 9.00. The van der Waals surface area contributed by atoms with Crippen LogP contribution in [0, 0.1) is 28.6 Å². The van der Waals surface area contributed by atoms with Gasteiger partial charge in [0.15, 0.2) is 5.78 Å². The maximum atomic E-state index is 13.4. The molecule has 4 fully saturated rings. The number of piperidine rings is 1. The minimum Gasteiger partial charge on any atom is -0.296 e. The highest BCUT2D eigenvalue weighted by atomic mass is 32.2. The first-order valence-electron chi connectivity index (χ1n) is 11.6. The number of hydrazine groups is 1. The van der Waals surface area contributed by atoms with Crippen LogP contribution in [0.3, 0.4) is 0 Å². The van der Waals surface area contributed by atoms with Crippen molar-refractivity contribution >= 4 is 23.6 Å². The molecule has 5 rings (SSSR count). The Bertz CT molecular complexity index is 734. The first-order chi connectivity index (χ1) is 13.9. The first kappa shape index (κ1) is 19.9. The summed E-state index contributed by atoms with van der Waals surface area (Å²) in [5.41, 5.74) is 4.58. The average molecular weight is 418 g/mol. The van der Waals surface area contributed by atoms with E-state index in [0.717, 1.165) is 49.2 Å². The third-order valence-corrected chi connectivity index (χ3v) is 9.95. The Morgan fingerprint density at radius 1 is 1.14 bits per heavy atom. The smallest absolute Gasteiger partial charge is 0.296 e. The van der Waals surface area contributed by atoms with Crippen LogP contribution in [-0.2, 0) is 4.79 Å². The van der Waals surface area contributed by atoms with Crippen LogP contribution in [0.1, 0.15) is 58.8 Å². The molecule has 0 spiro atoms. The van der Waals surface area contributed by atoms with E-state index in [-0.39, 0.29) is 17.2 Å². The molecule has 5 atom stereocenters. The number of carbonyl (C=O) groups is 2. The third kappa shape index (κ3) is 3.25. The number of likely N-dealkylation sites (tertiary alicyclic amines) is 1. The summed E-state index contributed by atoms with van der Waals surface area (Å²) in [5, 5.41) is 2.06. The summed E-state index contributed by atoms with van der Waals surface area (Å²) >= 11 is 1.94. The van der Waals surface area contributed by atoms with Gasteiger partial charge in [-0.2, -0.15) is 11.8 Å². The lowest BCUT2D eigenvalue weighted by Crippen LogP contribution is -2.61. The molecule has 1 N–H and O–H groups in total. The SMILES string of the molecule is C[C@@]12CCC[C@H]1[C@@H]1CN(C(=O)NN3CCSCC3)C3=CC(=O)CC[C@]3(C)[C@H]1CC2. The molecular weight excluding hydrogens is 382 g/mol. The van der Waals surface area contributed by atoms with E-state index in [9.17, 15) is 9.59 Å². The van der Waals surface area contributed by atoms with Gasteiger partial charge >= 0.3 is 6.03 Å². The zero-order chi connectivity index (χ0) is 20.2. The van der Waals surface area contributed by atoms with Crippen molar-refractivity contribution in [3.63, 3.8) is 0 Å². The van der Waals surface area contributed by atoms with E-state index >= 15 is 0 Å². The molecule has 2 saturated heterocycles. The fraction of sp³-hybridized carbons (Fsp3) is 0.826. The minimum atomic E-state index is -0.0458. The van der Waals surface area contributed by atoms with E-state index in [1.165, 1.54) is 32.1 Å². The molecule has 2 amide bonds. The number of nitrogens with zero attached hydrogens (tertiary/aromatic N) is 2.